The molecule has 0 spiro atoms. The van der Waals surface area contributed by atoms with E-state index < -0.39 is 8.32 Å². The normalized spacial score (nSPS) is 11.4. The van der Waals surface area contributed by atoms with Gasteiger partial charge in [-0.3, -0.25) is 0 Å². The first-order valence-electron chi connectivity index (χ1n) is 4.35. The third-order valence-electron chi connectivity index (χ3n) is 1.50. The second kappa shape index (κ2) is 4.16. The van der Waals surface area contributed by atoms with Gasteiger partial charge in [0.1, 0.15) is 5.75 Å². The lowest BCUT2D eigenvalue weighted by Gasteiger charge is -2.19. The van der Waals surface area contributed by atoms with Gasteiger partial charge in [-0.05, 0) is 37.3 Å². The summed E-state index contributed by atoms with van der Waals surface area (Å²) in [6, 6.07) is 7.97. The largest absolute Gasteiger partial charge is 0.544 e. The van der Waals surface area contributed by atoms with Crippen LogP contribution >= 0.6 is 11.6 Å². The fourth-order valence-electron chi connectivity index (χ4n) is 1.00. The molecule has 0 bridgehead atoms. The van der Waals surface area contributed by atoms with Gasteiger partial charge in [-0.1, -0.05) is 12.1 Å². The standard InChI is InChI=1S/C10H15ClOSi/c1-13(2,3)12-10-6-4-9(8-11)5-7-10/h4-7H,8H2,1-3H3. The van der Waals surface area contributed by atoms with Crippen molar-refractivity contribution in [3.8, 4) is 5.75 Å². The van der Waals surface area contributed by atoms with Crippen LogP contribution in [0.25, 0.3) is 0 Å². The molecule has 3 heteroatoms. The van der Waals surface area contributed by atoms with E-state index in [1.165, 1.54) is 0 Å². The summed E-state index contributed by atoms with van der Waals surface area (Å²) in [5.74, 6) is 1.51. The van der Waals surface area contributed by atoms with Crippen molar-refractivity contribution in [2.45, 2.75) is 25.5 Å². The van der Waals surface area contributed by atoms with Crippen LogP contribution in [0.3, 0.4) is 0 Å². The van der Waals surface area contributed by atoms with E-state index in [-0.39, 0.29) is 0 Å². The fraction of sp³-hybridized carbons (Fsp3) is 0.400. The Labute approximate surface area is 85.8 Å². The molecule has 0 saturated heterocycles. The summed E-state index contributed by atoms with van der Waals surface area (Å²) in [5.41, 5.74) is 1.13. The second-order valence-corrected chi connectivity index (χ2v) is 8.69. The van der Waals surface area contributed by atoms with Crippen LogP contribution in [0.1, 0.15) is 5.56 Å². The lowest BCUT2D eigenvalue weighted by Crippen LogP contribution is -2.29. The van der Waals surface area contributed by atoms with Gasteiger partial charge >= 0.3 is 0 Å². The van der Waals surface area contributed by atoms with Crippen LogP contribution in [-0.4, -0.2) is 8.32 Å². The van der Waals surface area contributed by atoms with Crippen LogP contribution in [0.5, 0.6) is 5.75 Å². The number of hydrogen-bond acceptors (Lipinski definition) is 1. The monoisotopic (exact) mass is 214 g/mol. The third-order valence-corrected chi connectivity index (χ3v) is 2.66. The Hall–Kier alpha value is -0.473. The van der Waals surface area contributed by atoms with E-state index >= 15 is 0 Å². The minimum atomic E-state index is -1.46. The van der Waals surface area contributed by atoms with Crippen molar-refractivity contribution >= 4 is 19.9 Å². The molecular formula is C10H15ClOSi. The minimum Gasteiger partial charge on any atom is -0.544 e. The maximum atomic E-state index is 5.80. The molecule has 1 aromatic rings. The number of benzene rings is 1. The van der Waals surface area contributed by atoms with Crippen molar-refractivity contribution in [2.75, 3.05) is 0 Å². The quantitative estimate of drug-likeness (QED) is 0.552. The molecule has 0 amide bonds. The van der Waals surface area contributed by atoms with Gasteiger partial charge < -0.3 is 4.43 Å². The van der Waals surface area contributed by atoms with Crippen molar-refractivity contribution < 1.29 is 4.43 Å². The maximum Gasteiger partial charge on any atom is 0.242 e. The molecule has 1 aromatic carbocycles. The number of halogens is 1. The van der Waals surface area contributed by atoms with E-state index in [4.69, 9.17) is 16.0 Å². The summed E-state index contributed by atoms with van der Waals surface area (Å²) in [4.78, 5) is 0. The average molecular weight is 215 g/mol. The highest BCUT2D eigenvalue weighted by Crippen LogP contribution is 2.17. The SMILES string of the molecule is C[Si](C)(C)Oc1ccc(CCl)cc1. The number of alkyl halides is 1. The van der Waals surface area contributed by atoms with Crippen LogP contribution in [-0.2, 0) is 5.88 Å². The first-order chi connectivity index (χ1) is 6.01. The number of rotatable bonds is 3. The average Bonchev–Trinajstić information content (AvgIpc) is 2.03. The summed E-state index contributed by atoms with van der Waals surface area (Å²) >= 11 is 5.68. The number of hydrogen-bond donors (Lipinski definition) is 0. The highest BCUT2D eigenvalue weighted by Gasteiger charge is 2.15. The van der Waals surface area contributed by atoms with Crippen molar-refractivity contribution in [1.82, 2.24) is 0 Å². The molecule has 0 aromatic heterocycles. The van der Waals surface area contributed by atoms with E-state index in [0.717, 1.165) is 11.3 Å². The Morgan fingerprint density at radius 2 is 1.69 bits per heavy atom. The Morgan fingerprint density at radius 1 is 1.15 bits per heavy atom. The van der Waals surface area contributed by atoms with E-state index in [0.29, 0.717) is 5.88 Å². The van der Waals surface area contributed by atoms with Gasteiger partial charge in [-0.25, -0.2) is 0 Å². The first kappa shape index (κ1) is 10.6. The van der Waals surface area contributed by atoms with Crippen LogP contribution in [0.4, 0.5) is 0 Å². The molecule has 0 aliphatic rings. The molecule has 0 radical (unpaired) electrons. The molecule has 0 atom stereocenters. The molecule has 0 aliphatic heterocycles. The Kier molecular flexibility index (Phi) is 3.39. The molecule has 0 heterocycles. The van der Waals surface area contributed by atoms with E-state index in [9.17, 15) is 0 Å². The molecule has 0 fully saturated rings. The van der Waals surface area contributed by atoms with Crippen LogP contribution < -0.4 is 4.43 Å². The second-order valence-electron chi connectivity index (χ2n) is 3.99. The molecule has 0 aliphatic carbocycles. The molecule has 1 rings (SSSR count). The zero-order valence-electron chi connectivity index (χ0n) is 8.30. The Morgan fingerprint density at radius 3 is 2.08 bits per heavy atom. The van der Waals surface area contributed by atoms with Crippen molar-refractivity contribution in [1.29, 1.82) is 0 Å². The van der Waals surface area contributed by atoms with Gasteiger partial charge in [-0.2, -0.15) is 0 Å². The van der Waals surface area contributed by atoms with Gasteiger partial charge in [0.25, 0.3) is 0 Å². The van der Waals surface area contributed by atoms with Crippen molar-refractivity contribution in [2.24, 2.45) is 0 Å². The maximum absolute atomic E-state index is 5.80. The van der Waals surface area contributed by atoms with Gasteiger partial charge in [0, 0.05) is 5.88 Å². The molecule has 0 saturated carbocycles. The molecule has 13 heavy (non-hydrogen) atoms. The summed E-state index contributed by atoms with van der Waals surface area (Å²) in [5, 5.41) is 0. The van der Waals surface area contributed by atoms with Crippen LogP contribution in [0, 0.1) is 0 Å². The zero-order valence-corrected chi connectivity index (χ0v) is 10.1. The van der Waals surface area contributed by atoms with Crippen molar-refractivity contribution in [3.05, 3.63) is 29.8 Å². The predicted octanol–water partition coefficient (Wildman–Crippen LogP) is 3.64. The summed E-state index contributed by atoms with van der Waals surface area (Å²) in [6.07, 6.45) is 0. The third kappa shape index (κ3) is 3.83. The Balaban J connectivity index is 2.70. The van der Waals surface area contributed by atoms with Crippen molar-refractivity contribution in [3.63, 3.8) is 0 Å². The lowest BCUT2D eigenvalue weighted by atomic mass is 10.2. The van der Waals surface area contributed by atoms with Gasteiger partial charge in [0.2, 0.25) is 8.32 Å². The topological polar surface area (TPSA) is 9.23 Å². The summed E-state index contributed by atoms with van der Waals surface area (Å²) in [6.45, 7) is 6.51. The highest BCUT2D eigenvalue weighted by atomic mass is 35.5. The van der Waals surface area contributed by atoms with Gasteiger partial charge in [-0.15, -0.1) is 11.6 Å². The molecule has 0 unspecified atom stereocenters. The molecule has 72 valence electrons. The summed E-state index contributed by atoms with van der Waals surface area (Å²) in [7, 11) is -1.46. The van der Waals surface area contributed by atoms with E-state index in [2.05, 4.69) is 19.6 Å². The zero-order chi connectivity index (χ0) is 9.90. The van der Waals surface area contributed by atoms with Crippen LogP contribution in [0.2, 0.25) is 19.6 Å². The van der Waals surface area contributed by atoms with Gasteiger partial charge in [0.15, 0.2) is 0 Å². The first-order valence-corrected chi connectivity index (χ1v) is 8.29. The predicted molar refractivity (Wildman–Crippen MR) is 60.0 cm³/mol. The molecule has 0 N–H and O–H groups in total. The summed E-state index contributed by atoms with van der Waals surface area (Å²) < 4.78 is 5.80. The highest BCUT2D eigenvalue weighted by molar-refractivity contribution is 6.70. The minimum absolute atomic E-state index is 0.563. The Bertz CT molecular complexity index is 263. The van der Waals surface area contributed by atoms with Gasteiger partial charge in [0.05, 0.1) is 0 Å². The lowest BCUT2D eigenvalue weighted by molar-refractivity contribution is 0.557. The fourth-order valence-corrected chi connectivity index (χ4v) is 2.02. The smallest absolute Gasteiger partial charge is 0.242 e. The van der Waals surface area contributed by atoms with E-state index in [1.807, 2.05) is 24.3 Å². The molecule has 1 nitrogen and oxygen atoms in total. The molecular weight excluding hydrogens is 200 g/mol. The van der Waals surface area contributed by atoms with Crippen LogP contribution in [0.15, 0.2) is 24.3 Å². The van der Waals surface area contributed by atoms with E-state index in [1.54, 1.807) is 0 Å².